The molecule has 1 atom stereocenters. The predicted octanol–water partition coefficient (Wildman–Crippen LogP) is 4.90. The number of hydrogen-bond donors (Lipinski definition) is 1. The van der Waals surface area contributed by atoms with E-state index in [1.807, 2.05) is 0 Å². The number of anilines is 1. The van der Waals surface area contributed by atoms with E-state index >= 15 is 0 Å². The van der Waals surface area contributed by atoms with Gasteiger partial charge >= 0.3 is 0 Å². The Balaban J connectivity index is 2.64. The Labute approximate surface area is 114 Å². The van der Waals surface area contributed by atoms with Crippen molar-refractivity contribution in [1.82, 2.24) is 0 Å². The van der Waals surface area contributed by atoms with Gasteiger partial charge in [0, 0.05) is 19.8 Å². The average molecular weight is 382 g/mol. The van der Waals surface area contributed by atoms with Gasteiger partial charge in [0.25, 0.3) is 0 Å². The van der Waals surface area contributed by atoms with Crippen LogP contribution in [0.25, 0.3) is 0 Å². The molecule has 0 radical (unpaired) electrons. The van der Waals surface area contributed by atoms with Gasteiger partial charge < -0.3 is 5.32 Å². The van der Waals surface area contributed by atoms with Crippen molar-refractivity contribution in [3.63, 3.8) is 0 Å². The lowest BCUT2D eigenvalue weighted by molar-refractivity contribution is 0.539. The van der Waals surface area contributed by atoms with Crippen LogP contribution in [-0.4, -0.2) is 6.04 Å². The maximum Gasteiger partial charge on any atom is 0.0487 e. The van der Waals surface area contributed by atoms with E-state index < -0.39 is 0 Å². The average Bonchev–Trinajstić information content (AvgIpc) is 2.08. The van der Waals surface area contributed by atoms with Crippen molar-refractivity contribution in [3.8, 4) is 0 Å². The minimum Gasteiger partial charge on any atom is -0.382 e. The normalized spacial score (nSPS) is 12.9. The lowest BCUT2D eigenvalue weighted by Crippen LogP contribution is -2.17. The molecule has 1 aromatic carbocycles. The highest BCUT2D eigenvalue weighted by Crippen LogP contribution is 2.25. The molecule has 1 unspecified atom stereocenters. The Morgan fingerprint density at radius 3 is 2.53 bits per heavy atom. The summed E-state index contributed by atoms with van der Waals surface area (Å²) in [6, 6.07) is 6.89. The molecule has 0 heterocycles. The third kappa shape index (κ3) is 4.72. The Morgan fingerprint density at radius 1 is 1.33 bits per heavy atom. The molecular formula is C12H17BrIN. The largest absolute Gasteiger partial charge is 0.382 e. The first-order chi connectivity index (χ1) is 6.99. The van der Waals surface area contributed by atoms with Crippen LogP contribution in [0.15, 0.2) is 22.7 Å². The summed E-state index contributed by atoms with van der Waals surface area (Å²) in [4.78, 5) is 0. The van der Waals surface area contributed by atoms with Crippen molar-refractivity contribution in [2.24, 2.45) is 5.92 Å². The Morgan fingerprint density at radius 2 is 2.00 bits per heavy atom. The standard InChI is InChI=1S/C12H17BrIN/c1-8(2)6-9(3)15-12-5-4-10(14)7-11(12)13/h4-5,7-9,15H,6H2,1-3H3. The molecule has 0 aliphatic carbocycles. The molecular weight excluding hydrogens is 365 g/mol. The van der Waals surface area contributed by atoms with Crippen molar-refractivity contribution in [1.29, 1.82) is 0 Å². The topological polar surface area (TPSA) is 12.0 Å². The molecule has 0 amide bonds. The summed E-state index contributed by atoms with van der Waals surface area (Å²) in [5.41, 5.74) is 1.18. The van der Waals surface area contributed by atoms with Crippen molar-refractivity contribution >= 4 is 44.2 Å². The molecule has 84 valence electrons. The third-order valence-electron chi connectivity index (χ3n) is 2.16. The smallest absolute Gasteiger partial charge is 0.0487 e. The molecule has 0 fully saturated rings. The van der Waals surface area contributed by atoms with Gasteiger partial charge in [-0.25, -0.2) is 0 Å². The third-order valence-corrected chi connectivity index (χ3v) is 3.49. The number of benzene rings is 1. The van der Waals surface area contributed by atoms with Crippen LogP contribution in [-0.2, 0) is 0 Å². The van der Waals surface area contributed by atoms with Gasteiger partial charge in [-0.3, -0.25) is 0 Å². The summed E-state index contributed by atoms with van der Waals surface area (Å²) in [5.74, 6) is 0.732. The molecule has 1 aromatic rings. The predicted molar refractivity (Wildman–Crippen MR) is 79.4 cm³/mol. The van der Waals surface area contributed by atoms with E-state index in [0.717, 1.165) is 10.4 Å². The van der Waals surface area contributed by atoms with E-state index in [1.165, 1.54) is 15.7 Å². The van der Waals surface area contributed by atoms with Crippen molar-refractivity contribution < 1.29 is 0 Å². The summed E-state index contributed by atoms with van der Waals surface area (Å²) in [5, 5.41) is 3.52. The Kier molecular flexibility index (Phi) is 5.39. The van der Waals surface area contributed by atoms with Gasteiger partial charge in [-0.05, 0) is 76.0 Å². The van der Waals surface area contributed by atoms with Crippen LogP contribution >= 0.6 is 38.5 Å². The molecule has 15 heavy (non-hydrogen) atoms. The van der Waals surface area contributed by atoms with Crippen LogP contribution in [0.4, 0.5) is 5.69 Å². The van der Waals surface area contributed by atoms with E-state index in [0.29, 0.717) is 6.04 Å². The van der Waals surface area contributed by atoms with Crippen LogP contribution < -0.4 is 5.32 Å². The lowest BCUT2D eigenvalue weighted by Gasteiger charge is -2.18. The first kappa shape index (κ1) is 13.3. The summed E-state index contributed by atoms with van der Waals surface area (Å²) in [7, 11) is 0. The molecule has 0 aliphatic heterocycles. The quantitative estimate of drug-likeness (QED) is 0.731. The van der Waals surface area contributed by atoms with Gasteiger partial charge in [0.2, 0.25) is 0 Å². The zero-order valence-electron chi connectivity index (χ0n) is 9.35. The van der Waals surface area contributed by atoms with Gasteiger partial charge in [0.15, 0.2) is 0 Å². The van der Waals surface area contributed by atoms with E-state index in [-0.39, 0.29) is 0 Å². The van der Waals surface area contributed by atoms with Gasteiger partial charge in [0.05, 0.1) is 0 Å². The highest BCUT2D eigenvalue weighted by molar-refractivity contribution is 14.1. The molecule has 1 nitrogen and oxygen atoms in total. The van der Waals surface area contributed by atoms with E-state index in [9.17, 15) is 0 Å². The second-order valence-electron chi connectivity index (χ2n) is 4.30. The minimum absolute atomic E-state index is 0.515. The molecule has 0 aliphatic rings. The fourth-order valence-electron chi connectivity index (χ4n) is 1.64. The number of rotatable bonds is 4. The Bertz CT molecular complexity index is 325. The zero-order chi connectivity index (χ0) is 11.4. The number of hydrogen-bond acceptors (Lipinski definition) is 1. The molecule has 0 spiro atoms. The molecule has 1 N–H and O–H groups in total. The molecule has 0 aromatic heterocycles. The van der Waals surface area contributed by atoms with Crippen LogP contribution in [0.1, 0.15) is 27.2 Å². The molecule has 0 saturated heterocycles. The number of nitrogens with one attached hydrogen (secondary N) is 1. The van der Waals surface area contributed by atoms with Crippen molar-refractivity contribution in [2.45, 2.75) is 33.2 Å². The van der Waals surface area contributed by atoms with E-state index in [2.05, 4.69) is 82.8 Å². The zero-order valence-corrected chi connectivity index (χ0v) is 13.1. The SMILES string of the molecule is CC(C)CC(C)Nc1ccc(I)cc1Br. The first-order valence-corrected chi connectivity index (χ1v) is 7.07. The van der Waals surface area contributed by atoms with E-state index in [4.69, 9.17) is 0 Å². The summed E-state index contributed by atoms with van der Waals surface area (Å²) in [6.45, 7) is 6.73. The monoisotopic (exact) mass is 381 g/mol. The maximum absolute atomic E-state index is 3.57. The van der Waals surface area contributed by atoms with Gasteiger partial charge in [-0.2, -0.15) is 0 Å². The van der Waals surface area contributed by atoms with Crippen molar-refractivity contribution in [3.05, 3.63) is 26.2 Å². The molecule has 1 rings (SSSR count). The second kappa shape index (κ2) is 6.09. The van der Waals surface area contributed by atoms with Crippen LogP contribution in [0, 0.1) is 9.49 Å². The van der Waals surface area contributed by atoms with Gasteiger partial charge in [-0.15, -0.1) is 0 Å². The lowest BCUT2D eigenvalue weighted by atomic mass is 10.1. The summed E-state index contributed by atoms with van der Waals surface area (Å²) >= 11 is 5.89. The molecule has 3 heteroatoms. The van der Waals surface area contributed by atoms with Gasteiger partial charge in [-0.1, -0.05) is 13.8 Å². The second-order valence-corrected chi connectivity index (χ2v) is 6.40. The highest BCUT2D eigenvalue weighted by Gasteiger charge is 2.07. The van der Waals surface area contributed by atoms with Crippen LogP contribution in [0.2, 0.25) is 0 Å². The summed E-state index contributed by atoms with van der Waals surface area (Å²) < 4.78 is 2.39. The highest BCUT2D eigenvalue weighted by atomic mass is 127. The molecule has 0 saturated carbocycles. The Hall–Kier alpha value is 0.230. The fourth-order valence-corrected chi connectivity index (χ4v) is 3.05. The fraction of sp³-hybridized carbons (Fsp3) is 0.500. The van der Waals surface area contributed by atoms with Gasteiger partial charge in [0.1, 0.15) is 0 Å². The summed E-state index contributed by atoms with van der Waals surface area (Å²) in [6.07, 6.45) is 1.19. The van der Waals surface area contributed by atoms with Crippen LogP contribution in [0.5, 0.6) is 0 Å². The maximum atomic E-state index is 3.57. The van der Waals surface area contributed by atoms with Crippen LogP contribution in [0.3, 0.4) is 0 Å². The first-order valence-electron chi connectivity index (χ1n) is 5.20. The minimum atomic E-state index is 0.515. The van der Waals surface area contributed by atoms with E-state index in [1.54, 1.807) is 0 Å². The number of halogens is 2. The molecule has 0 bridgehead atoms. The van der Waals surface area contributed by atoms with Crippen molar-refractivity contribution in [2.75, 3.05) is 5.32 Å².